The first-order valence-corrected chi connectivity index (χ1v) is 4.67. The summed E-state index contributed by atoms with van der Waals surface area (Å²) in [6.45, 7) is 9.88. The van der Waals surface area contributed by atoms with E-state index in [1.165, 1.54) is 6.54 Å². The summed E-state index contributed by atoms with van der Waals surface area (Å²) in [6, 6.07) is 0.620. The van der Waals surface area contributed by atoms with Gasteiger partial charge in [0.25, 0.3) is 0 Å². The number of likely N-dealkylation sites (N-methyl/N-ethyl adjacent to an activating group) is 1. The summed E-state index contributed by atoms with van der Waals surface area (Å²) in [5.41, 5.74) is 0. The van der Waals surface area contributed by atoms with Crippen molar-refractivity contribution in [2.75, 3.05) is 32.7 Å². The lowest BCUT2D eigenvalue weighted by Gasteiger charge is -2.38. The number of terminal acetylenes is 1. The van der Waals surface area contributed by atoms with Crippen LogP contribution in [0.5, 0.6) is 0 Å². The van der Waals surface area contributed by atoms with Gasteiger partial charge in [0, 0.05) is 25.7 Å². The molecule has 0 radical (unpaired) electrons. The maximum atomic E-state index is 5.28. The van der Waals surface area contributed by atoms with Gasteiger partial charge in [0.2, 0.25) is 0 Å². The van der Waals surface area contributed by atoms with Crippen molar-refractivity contribution in [3.63, 3.8) is 0 Å². The van der Waals surface area contributed by atoms with Crippen LogP contribution in [0.25, 0.3) is 0 Å². The van der Waals surface area contributed by atoms with Gasteiger partial charge in [-0.25, -0.2) is 0 Å². The Balaban J connectivity index is 2.38. The molecular weight excluding hydrogens is 148 g/mol. The monoisotopic (exact) mass is 166 g/mol. The fraction of sp³-hybridized carbons (Fsp3) is 0.800. The van der Waals surface area contributed by atoms with E-state index < -0.39 is 0 Å². The fourth-order valence-corrected chi connectivity index (χ4v) is 1.71. The van der Waals surface area contributed by atoms with Crippen LogP contribution in [0.4, 0.5) is 0 Å². The molecule has 0 aromatic rings. The minimum Gasteiger partial charge on any atom is -0.301 e. The second-order valence-electron chi connectivity index (χ2n) is 3.42. The third-order valence-corrected chi connectivity index (χ3v) is 2.59. The van der Waals surface area contributed by atoms with E-state index in [0.717, 1.165) is 26.2 Å². The highest BCUT2D eigenvalue weighted by Gasteiger charge is 2.21. The maximum Gasteiger partial charge on any atom is 0.0602 e. The lowest BCUT2D eigenvalue weighted by molar-refractivity contribution is 0.0989. The predicted octanol–water partition coefficient (Wildman–Crippen LogP) is 0.646. The zero-order valence-corrected chi connectivity index (χ0v) is 8.08. The molecule has 1 aliphatic rings. The molecule has 1 saturated heterocycles. The van der Waals surface area contributed by atoms with E-state index in [-0.39, 0.29) is 0 Å². The summed E-state index contributed by atoms with van der Waals surface area (Å²) in [6.07, 6.45) is 5.28. The van der Waals surface area contributed by atoms with Crippen LogP contribution in [0.3, 0.4) is 0 Å². The van der Waals surface area contributed by atoms with E-state index in [1.807, 2.05) is 0 Å². The summed E-state index contributed by atoms with van der Waals surface area (Å²) in [7, 11) is 0. The van der Waals surface area contributed by atoms with Gasteiger partial charge in [0.05, 0.1) is 6.54 Å². The molecule has 0 saturated carbocycles. The molecule has 0 N–H and O–H groups in total. The molecule has 0 aromatic heterocycles. The molecule has 1 atom stereocenters. The third kappa shape index (κ3) is 2.23. The maximum absolute atomic E-state index is 5.28. The lowest BCUT2D eigenvalue weighted by Crippen LogP contribution is -2.51. The molecule has 68 valence electrons. The van der Waals surface area contributed by atoms with Gasteiger partial charge in [0.15, 0.2) is 0 Å². The van der Waals surface area contributed by atoms with Crippen LogP contribution in [-0.4, -0.2) is 48.6 Å². The Morgan fingerprint density at radius 1 is 1.50 bits per heavy atom. The molecule has 1 rings (SSSR count). The van der Waals surface area contributed by atoms with Crippen molar-refractivity contribution >= 4 is 0 Å². The normalized spacial score (nSPS) is 26.9. The van der Waals surface area contributed by atoms with Gasteiger partial charge in [-0.3, -0.25) is 4.90 Å². The summed E-state index contributed by atoms with van der Waals surface area (Å²) in [5.74, 6) is 2.71. The first-order valence-electron chi connectivity index (χ1n) is 4.67. The average molecular weight is 166 g/mol. The Morgan fingerprint density at radius 3 is 2.75 bits per heavy atom. The highest BCUT2D eigenvalue weighted by atomic mass is 15.3. The molecular formula is C10H18N2. The summed E-state index contributed by atoms with van der Waals surface area (Å²) >= 11 is 0. The number of rotatable bonds is 2. The average Bonchev–Trinajstić information content (AvgIpc) is 2.09. The third-order valence-electron chi connectivity index (χ3n) is 2.59. The van der Waals surface area contributed by atoms with Crippen LogP contribution in [0.2, 0.25) is 0 Å². The molecule has 1 aliphatic heterocycles. The van der Waals surface area contributed by atoms with E-state index >= 15 is 0 Å². The van der Waals surface area contributed by atoms with Gasteiger partial charge in [-0.05, 0) is 13.5 Å². The molecule has 1 fully saturated rings. The van der Waals surface area contributed by atoms with Crippen molar-refractivity contribution in [2.45, 2.75) is 19.9 Å². The highest BCUT2D eigenvalue weighted by molar-refractivity contribution is 4.91. The second-order valence-corrected chi connectivity index (χ2v) is 3.42. The van der Waals surface area contributed by atoms with E-state index in [2.05, 4.69) is 29.6 Å². The number of hydrogen-bond donors (Lipinski definition) is 0. The van der Waals surface area contributed by atoms with E-state index in [0.29, 0.717) is 6.04 Å². The van der Waals surface area contributed by atoms with Gasteiger partial charge >= 0.3 is 0 Å². The quantitative estimate of drug-likeness (QED) is 0.556. The molecule has 0 amide bonds. The fourth-order valence-electron chi connectivity index (χ4n) is 1.71. The molecule has 2 nitrogen and oxygen atoms in total. The SMILES string of the molecule is C#CCN1CCN(CC)CC1C. The van der Waals surface area contributed by atoms with Gasteiger partial charge in [0.1, 0.15) is 0 Å². The van der Waals surface area contributed by atoms with Gasteiger partial charge < -0.3 is 4.90 Å². The zero-order valence-electron chi connectivity index (χ0n) is 8.08. The lowest BCUT2D eigenvalue weighted by atomic mass is 10.2. The summed E-state index contributed by atoms with van der Waals surface area (Å²) < 4.78 is 0. The second kappa shape index (κ2) is 4.49. The first kappa shape index (κ1) is 9.57. The van der Waals surface area contributed by atoms with Crippen molar-refractivity contribution < 1.29 is 0 Å². The van der Waals surface area contributed by atoms with E-state index in [9.17, 15) is 0 Å². The van der Waals surface area contributed by atoms with Gasteiger partial charge in [-0.1, -0.05) is 12.8 Å². The van der Waals surface area contributed by atoms with Crippen LogP contribution in [0.15, 0.2) is 0 Å². The molecule has 2 heteroatoms. The molecule has 1 unspecified atom stereocenters. The summed E-state index contributed by atoms with van der Waals surface area (Å²) in [4.78, 5) is 4.84. The molecule has 0 aromatic carbocycles. The molecule has 0 bridgehead atoms. The smallest absolute Gasteiger partial charge is 0.0602 e. The largest absolute Gasteiger partial charge is 0.301 e. The standard InChI is InChI=1S/C10H18N2/c1-4-6-12-8-7-11(5-2)9-10(12)3/h1,10H,5-9H2,2-3H3. The zero-order chi connectivity index (χ0) is 8.97. The highest BCUT2D eigenvalue weighted by Crippen LogP contribution is 2.07. The van der Waals surface area contributed by atoms with Crippen molar-refractivity contribution in [1.29, 1.82) is 0 Å². The van der Waals surface area contributed by atoms with Crippen LogP contribution < -0.4 is 0 Å². The number of piperazine rings is 1. The van der Waals surface area contributed by atoms with Crippen molar-refractivity contribution in [2.24, 2.45) is 0 Å². The van der Waals surface area contributed by atoms with Crippen LogP contribution in [0.1, 0.15) is 13.8 Å². The van der Waals surface area contributed by atoms with E-state index in [1.54, 1.807) is 0 Å². The number of hydrogen-bond acceptors (Lipinski definition) is 2. The van der Waals surface area contributed by atoms with Gasteiger partial charge in [-0.2, -0.15) is 0 Å². The summed E-state index contributed by atoms with van der Waals surface area (Å²) in [5, 5.41) is 0. The Bertz CT molecular complexity index is 171. The van der Waals surface area contributed by atoms with Crippen LogP contribution >= 0.6 is 0 Å². The van der Waals surface area contributed by atoms with E-state index in [4.69, 9.17) is 6.42 Å². The molecule has 12 heavy (non-hydrogen) atoms. The number of nitrogens with zero attached hydrogens (tertiary/aromatic N) is 2. The first-order chi connectivity index (χ1) is 5.77. The molecule has 0 aliphatic carbocycles. The van der Waals surface area contributed by atoms with Crippen molar-refractivity contribution in [1.82, 2.24) is 9.80 Å². The Labute approximate surface area is 75.5 Å². The van der Waals surface area contributed by atoms with Gasteiger partial charge in [-0.15, -0.1) is 6.42 Å². The van der Waals surface area contributed by atoms with Crippen molar-refractivity contribution in [3.05, 3.63) is 0 Å². The minimum absolute atomic E-state index is 0.620. The predicted molar refractivity (Wildman–Crippen MR) is 52.0 cm³/mol. The Morgan fingerprint density at radius 2 is 2.25 bits per heavy atom. The van der Waals surface area contributed by atoms with Crippen molar-refractivity contribution in [3.8, 4) is 12.3 Å². The Kier molecular flexibility index (Phi) is 3.58. The Hall–Kier alpha value is -0.520. The van der Waals surface area contributed by atoms with Crippen LogP contribution in [0, 0.1) is 12.3 Å². The molecule has 0 spiro atoms. The minimum atomic E-state index is 0.620. The van der Waals surface area contributed by atoms with Crippen LogP contribution in [-0.2, 0) is 0 Å². The molecule has 1 heterocycles. The topological polar surface area (TPSA) is 6.48 Å².